The zero-order valence-corrected chi connectivity index (χ0v) is 11.8. The molecule has 2 aromatic rings. The molecule has 1 heterocycles. The van der Waals surface area contributed by atoms with E-state index in [4.69, 9.17) is 16.0 Å². The van der Waals surface area contributed by atoms with Crippen molar-refractivity contribution in [2.45, 2.75) is 32.4 Å². The first kappa shape index (κ1) is 13.9. The fraction of sp³-hybridized carbons (Fsp3) is 0.357. The van der Waals surface area contributed by atoms with E-state index in [1.165, 1.54) is 13.8 Å². The zero-order chi connectivity index (χ0) is 14.2. The maximum absolute atomic E-state index is 11.7. The van der Waals surface area contributed by atoms with E-state index < -0.39 is 11.5 Å². The number of carbonyl (C=O) groups excluding carboxylic acids is 1. The summed E-state index contributed by atoms with van der Waals surface area (Å²) < 4.78 is 5.64. The van der Waals surface area contributed by atoms with Crippen LogP contribution in [0.3, 0.4) is 0 Å². The topological polar surface area (TPSA) is 62.5 Å². The highest BCUT2D eigenvalue weighted by atomic mass is 35.5. The monoisotopic (exact) mass is 281 g/mol. The fourth-order valence-corrected chi connectivity index (χ4v) is 1.87. The summed E-state index contributed by atoms with van der Waals surface area (Å²) in [6, 6.07) is 6.83. The van der Waals surface area contributed by atoms with E-state index >= 15 is 0 Å². The number of rotatable bonds is 3. The van der Waals surface area contributed by atoms with E-state index in [-0.39, 0.29) is 6.04 Å². The summed E-state index contributed by atoms with van der Waals surface area (Å²) in [4.78, 5) is 11.7. The number of hydrogen-bond donors (Lipinski definition) is 2. The van der Waals surface area contributed by atoms with Gasteiger partial charge in [-0.15, -0.1) is 0 Å². The molecule has 0 saturated carbocycles. The molecule has 102 valence electrons. The maximum Gasteiger partial charge on any atom is 0.251 e. The minimum absolute atomic E-state index is 0.329. The lowest BCUT2D eigenvalue weighted by Gasteiger charge is -2.19. The summed E-state index contributed by atoms with van der Waals surface area (Å²) in [7, 11) is 0. The molecule has 0 radical (unpaired) electrons. The lowest BCUT2D eigenvalue weighted by molar-refractivity contribution is -0.137. The maximum atomic E-state index is 11.7. The number of amides is 1. The zero-order valence-electron chi connectivity index (χ0n) is 11.0. The van der Waals surface area contributed by atoms with Gasteiger partial charge in [-0.05, 0) is 45.0 Å². The SMILES string of the molecule is C[C@@H](NC(=O)C(C)(C)O)c1cc2cc(Cl)ccc2o1. The van der Waals surface area contributed by atoms with E-state index in [2.05, 4.69) is 5.32 Å². The Labute approximate surface area is 116 Å². The molecule has 1 aromatic carbocycles. The van der Waals surface area contributed by atoms with Gasteiger partial charge in [0.05, 0.1) is 6.04 Å². The summed E-state index contributed by atoms with van der Waals surface area (Å²) in [5.41, 5.74) is -0.701. The van der Waals surface area contributed by atoms with Crippen LogP contribution < -0.4 is 5.32 Å². The minimum Gasteiger partial charge on any atom is -0.459 e. The first-order chi connectivity index (χ1) is 8.77. The van der Waals surface area contributed by atoms with Crippen LogP contribution in [0.4, 0.5) is 0 Å². The molecule has 1 aromatic heterocycles. The summed E-state index contributed by atoms with van der Waals surface area (Å²) in [6.45, 7) is 4.67. The highest BCUT2D eigenvalue weighted by Gasteiger charge is 2.26. The Kier molecular flexibility index (Phi) is 3.56. The van der Waals surface area contributed by atoms with Crippen molar-refractivity contribution in [2.75, 3.05) is 0 Å². The number of carbonyl (C=O) groups is 1. The van der Waals surface area contributed by atoms with Gasteiger partial charge in [-0.2, -0.15) is 0 Å². The fourth-order valence-electron chi connectivity index (χ4n) is 1.69. The van der Waals surface area contributed by atoms with Crippen LogP contribution in [-0.4, -0.2) is 16.6 Å². The third-order valence-corrected chi connectivity index (χ3v) is 3.06. The lowest BCUT2D eigenvalue weighted by atomic mass is 10.1. The smallest absolute Gasteiger partial charge is 0.251 e. The van der Waals surface area contributed by atoms with Crippen LogP contribution in [0.1, 0.15) is 32.6 Å². The van der Waals surface area contributed by atoms with Crippen LogP contribution in [0.2, 0.25) is 5.02 Å². The van der Waals surface area contributed by atoms with Crippen LogP contribution in [-0.2, 0) is 4.79 Å². The van der Waals surface area contributed by atoms with Crippen molar-refractivity contribution in [3.63, 3.8) is 0 Å². The Morgan fingerprint density at radius 2 is 2.11 bits per heavy atom. The number of hydrogen-bond acceptors (Lipinski definition) is 3. The molecule has 5 heteroatoms. The quantitative estimate of drug-likeness (QED) is 0.909. The van der Waals surface area contributed by atoms with E-state index in [1.54, 1.807) is 25.1 Å². The summed E-state index contributed by atoms with van der Waals surface area (Å²) >= 11 is 5.91. The van der Waals surface area contributed by atoms with Crippen molar-refractivity contribution >= 4 is 28.5 Å². The summed E-state index contributed by atoms with van der Waals surface area (Å²) in [6.07, 6.45) is 0. The van der Waals surface area contributed by atoms with Crippen molar-refractivity contribution in [3.8, 4) is 0 Å². The molecule has 1 amide bonds. The van der Waals surface area contributed by atoms with Crippen molar-refractivity contribution in [1.29, 1.82) is 0 Å². The molecule has 4 nitrogen and oxygen atoms in total. The van der Waals surface area contributed by atoms with Gasteiger partial charge in [0.25, 0.3) is 5.91 Å². The normalized spacial score (nSPS) is 13.5. The first-order valence-corrected chi connectivity index (χ1v) is 6.37. The molecule has 0 aliphatic carbocycles. The highest BCUT2D eigenvalue weighted by Crippen LogP contribution is 2.26. The highest BCUT2D eigenvalue weighted by molar-refractivity contribution is 6.31. The molecule has 1 atom stereocenters. The number of benzene rings is 1. The van der Waals surface area contributed by atoms with Gasteiger partial charge in [0.15, 0.2) is 0 Å². The van der Waals surface area contributed by atoms with E-state index in [9.17, 15) is 9.90 Å². The van der Waals surface area contributed by atoms with E-state index in [0.717, 1.165) is 5.39 Å². The molecular weight excluding hydrogens is 266 g/mol. The number of fused-ring (bicyclic) bond motifs is 1. The van der Waals surface area contributed by atoms with Gasteiger partial charge in [0.1, 0.15) is 16.9 Å². The Morgan fingerprint density at radius 1 is 1.42 bits per heavy atom. The average molecular weight is 282 g/mol. The largest absolute Gasteiger partial charge is 0.459 e. The van der Waals surface area contributed by atoms with Crippen LogP contribution in [0.5, 0.6) is 0 Å². The predicted octanol–water partition coefficient (Wildman–Crippen LogP) is 3.03. The van der Waals surface area contributed by atoms with Crippen molar-refractivity contribution < 1.29 is 14.3 Å². The Morgan fingerprint density at radius 3 is 2.74 bits per heavy atom. The van der Waals surface area contributed by atoms with Gasteiger partial charge >= 0.3 is 0 Å². The molecule has 0 aliphatic heterocycles. The molecule has 2 rings (SSSR count). The molecule has 0 fully saturated rings. The molecule has 0 aliphatic rings. The van der Waals surface area contributed by atoms with Gasteiger partial charge < -0.3 is 14.8 Å². The second kappa shape index (κ2) is 4.87. The third kappa shape index (κ3) is 3.08. The van der Waals surface area contributed by atoms with Crippen LogP contribution in [0.25, 0.3) is 11.0 Å². The Balaban J connectivity index is 2.22. The van der Waals surface area contributed by atoms with E-state index in [1.807, 2.05) is 6.07 Å². The van der Waals surface area contributed by atoms with Gasteiger partial charge in [-0.1, -0.05) is 11.6 Å². The standard InChI is InChI=1S/C14H16ClNO3/c1-8(16-13(17)14(2,3)18)12-7-9-6-10(15)4-5-11(9)19-12/h4-8,18H,1-3H3,(H,16,17)/t8-/m1/s1. The van der Waals surface area contributed by atoms with Gasteiger partial charge in [-0.3, -0.25) is 4.79 Å². The van der Waals surface area contributed by atoms with Crippen molar-refractivity contribution in [3.05, 3.63) is 35.0 Å². The Hall–Kier alpha value is -1.52. The second-order valence-corrected chi connectivity index (χ2v) is 5.52. The Bertz CT molecular complexity index is 613. The third-order valence-electron chi connectivity index (χ3n) is 2.83. The molecule has 19 heavy (non-hydrogen) atoms. The summed E-state index contributed by atoms with van der Waals surface area (Å²) in [5.74, 6) is 0.174. The van der Waals surface area contributed by atoms with Gasteiger partial charge in [0.2, 0.25) is 0 Å². The number of halogens is 1. The van der Waals surface area contributed by atoms with Gasteiger partial charge in [0, 0.05) is 10.4 Å². The second-order valence-electron chi connectivity index (χ2n) is 5.09. The molecular formula is C14H16ClNO3. The van der Waals surface area contributed by atoms with E-state index in [0.29, 0.717) is 16.4 Å². The number of furan rings is 1. The number of aliphatic hydroxyl groups is 1. The molecule has 2 N–H and O–H groups in total. The summed E-state index contributed by atoms with van der Waals surface area (Å²) in [5, 5.41) is 13.8. The molecule has 0 bridgehead atoms. The average Bonchev–Trinajstić information content (AvgIpc) is 2.70. The minimum atomic E-state index is -1.41. The van der Waals surface area contributed by atoms with Gasteiger partial charge in [-0.25, -0.2) is 0 Å². The van der Waals surface area contributed by atoms with Crippen LogP contribution in [0.15, 0.2) is 28.7 Å². The predicted molar refractivity (Wildman–Crippen MR) is 74.1 cm³/mol. The molecule has 0 spiro atoms. The van der Waals surface area contributed by atoms with Crippen molar-refractivity contribution in [2.24, 2.45) is 0 Å². The lowest BCUT2D eigenvalue weighted by Crippen LogP contribution is -2.42. The molecule has 0 saturated heterocycles. The number of nitrogens with one attached hydrogen (secondary N) is 1. The van der Waals surface area contributed by atoms with Crippen molar-refractivity contribution in [1.82, 2.24) is 5.32 Å². The first-order valence-electron chi connectivity index (χ1n) is 6.00. The van der Waals surface area contributed by atoms with Crippen LogP contribution in [0, 0.1) is 0 Å². The van der Waals surface area contributed by atoms with Crippen LogP contribution >= 0.6 is 11.6 Å². The molecule has 0 unspecified atom stereocenters.